The van der Waals surface area contributed by atoms with Crippen LogP contribution in [0, 0.1) is 6.92 Å². The van der Waals surface area contributed by atoms with Gasteiger partial charge in [-0.1, -0.05) is 0 Å². The van der Waals surface area contributed by atoms with Gasteiger partial charge in [0, 0.05) is 25.2 Å². The molecule has 0 saturated heterocycles. The fraction of sp³-hybridized carbons (Fsp3) is 0.545. The van der Waals surface area contributed by atoms with E-state index in [0.717, 1.165) is 11.3 Å². The summed E-state index contributed by atoms with van der Waals surface area (Å²) in [6.45, 7) is 1.94. The Bertz CT molecular complexity index is 401. The molecule has 0 bridgehead atoms. The Morgan fingerprint density at radius 1 is 1.71 bits per heavy atom. The molecule has 6 nitrogen and oxygen atoms in total. The number of carbonyl (C=O) groups excluding carboxylic acids is 1. The van der Waals surface area contributed by atoms with Crippen LogP contribution >= 0.6 is 0 Å². The summed E-state index contributed by atoms with van der Waals surface area (Å²) in [6.07, 6.45) is 3.42. The van der Waals surface area contributed by atoms with E-state index in [2.05, 4.69) is 10.4 Å². The van der Waals surface area contributed by atoms with Crippen molar-refractivity contribution in [3.8, 4) is 0 Å². The summed E-state index contributed by atoms with van der Waals surface area (Å²) in [5.41, 5.74) is 2.05. The number of aryl methyl sites for hydroxylation is 1. The Labute approximate surface area is 99.6 Å². The lowest BCUT2D eigenvalue weighted by Gasteiger charge is -2.14. The molecule has 0 radical (unpaired) electrons. The van der Waals surface area contributed by atoms with Gasteiger partial charge < -0.3 is 10.4 Å². The van der Waals surface area contributed by atoms with Gasteiger partial charge in [-0.25, -0.2) is 0 Å². The van der Waals surface area contributed by atoms with E-state index in [4.69, 9.17) is 5.11 Å². The van der Waals surface area contributed by atoms with Gasteiger partial charge in [-0.05, 0) is 25.3 Å². The summed E-state index contributed by atoms with van der Waals surface area (Å²) in [7, 11) is 1.85. The van der Waals surface area contributed by atoms with Crippen LogP contribution in [0.3, 0.4) is 0 Å². The molecule has 1 rings (SSSR count). The zero-order valence-corrected chi connectivity index (χ0v) is 10.0. The van der Waals surface area contributed by atoms with Gasteiger partial charge in [-0.2, -0.15) is 5.10 Å². The third-order valence-electron chi connectivity index (χ3n) is 2.81. The number of carbonyl (C=O) groups is 2. The molecule has 0 spiro atoms. The topological polar surface area (TPSA) is 84.2 Å². The van der Waals surface area contributed by atoms with Crippen molar-refractivity contribution in [1.29, 1.82) is 0 Å². The van der Waals surface area contributed by atoms with Crippen LogP contribution in [0.5, 0.6) is 0 Å². The number of hydrogen-bond donors (Lipinski definition) is 2. The first-order valence-corrected chi connectivity index (χ1v) is 5.43. The fourth-order valence-electron chi connectivity index (χ4n) is 1.65. The third-order valence-corrected chi connectivity index (χ3v) is 2.81. The molecule has 1 aromatic rings. The van der Waals surface area contributed by atoms with Crippen molar-refractivity contribution >= 4 is 12.4 Å². The zero-order chi connectivity index (χ0) is 12.8. The molecular formula is C11H17N3O3. The molecular weight excluding hydrogens is 222 g/mol. The lowest BCUT2D eigenvalue weighted by molar-refractivity contribution is -0.137. The molecule has 0 aliphatic carbocycles. The number of aromatic nitrogens is 2. The average molecular weight is 239 g/mol. The maximum atomic E-state index is 10.5. The minimum Gasteiger partial charge on any atom is -0.481 e. The van der Waals surface area contributed by atoms with E-state index in [-0.39, 0.29) is 12.5 Å². The van der Waals surface area contributed by atoms with E-state index < -0.39 is 5.97 Å². The molecule has 2 N–H and O–H groups in total. The zero-order valence-electron chi connectivity index (χ0n) is 10.0. The minimum atomic E-state index is -0.856. The molecule has 1 aromatic heterocycles. The SMILES string of the molecule is Cc1c(CC(CCC(=O)O)NC=O)cnn1C. The van der Waals surface area contributed by atoms with E-state index in [1.165, 1.54) is 0 Å². The lowest BCUT2D eigenvalue weighted by Crippen LogP contribution is -2.30. The summed E-state index contributed by atoms with van der Waals surface area (Å²) >= 11 is 0. The first-order valence-electron chi connectivity index (χ1n) is 5.43. The molecule has 0 aliphatic rings. The van der Waals surface area contributed by atoms with Crippen LogP contribution in [0.25, 0.3) is 0 Å². The molecule has 0 aliphatic heterocycles. The number of amides is 1. The molecule has 1 unspecified atom stereocenters. The second kappa shape index (κ2) is 6.03. The van der Waals surface area contributed by atoms with Crippen molar-refractivity contribution in [3.63, 3.8) is 0 Å². The van der Waals surface area contributed by atoms with E-state index in [0.29, 0.717) is 19.3 Å². The van der Waals surface area contributed by atoms with Crippen molar-refractivity contribution in [2.75, 3.05) is 0 Å². The first kappa shape index (κ1) is 13.2. The highest BCUT2D eigenvalue weighted by molar-refractivity contribution is 5.66. The molecule has 0 aromatic carbocycles. The highest BCUT2D eigenvalue weighted by Crippen LogP contribution is 2.11. The number of carboxylic acid groups (broad SMARTS) is 1. The van der Waals surface area contributed by atoms with Crippen LogP contribution in [-0.4, -0.2) is 33.3 Å². The van der Waals surface area contributed by atoms with Gasteiger partial charge in [-0.3, -0.25) is 14.3 Å². The molecule has 17 heavy (non-hydrogen) atoms. The van der Waals surface area contributed by atoms with Gasteiger partial charge in [0.1, 0.15) is 0 Å². The predicted octanol–water partition coefficient (Wildman–Crippen LogP) is 0.250. The number of hydrogen-bond acceptors (Lipinski definition) is 3. The van der Waals surface area contributed by atoms with E-state index in [1.807, 2.05) is 14.0 Å². The Morgan fingerprint density at radius 2 is 2.41 bits per heavy atom. The molecule has 6 heteroatoms. The average Bonchev–Trinajstić information content (AvgIpc) is 2.58. The van der Waals surface area contributed by atoms with Crippen LogP contribution in [0.4, 0.5) is 0 Å². The molecule has 1 atom stereocenters. The van der Waals surface area contributed by atoms with E-state index >= 15 is 0 Å². The summed E-state index contributed by atoms with van der Waals surface area (Å²) in [5.74, 6) is -0.856. The Kier molecular flexibility index (Phi) is 4.68. The number of nitrogens with zero attached hydrogens (tertiary/aromatic N) is 2. The van der Waals surface area contributed by atoms with Gasteiger partial charge >= 0.3 is 5.97 Å². The van der Waals surface area contributed by atoms with E-state index in [9.17, 15) is 9.59 Å². The van der Waals surface area contributed by atoms with Crippen LogP contribution in [0.15, 0.2) is 6.20 Å². The van der Waals surface area contributed by atoms with Gasteiger partial charge in [0.2, 0.25) is 6.41 Å². The van der Waals surface area contributed by atoms with Crippen LogP contribution in [-0.2, 0) is 23.1 Å². The standard InChI is InChI=1S/C11H17N3O3/c1-8-9(6-13-14(8)2)5-10(12-7-15)3-4-11(16)17/h6-7,10H,3-5H2,1-2H3,(H,12,15)(H,16,17). The minimum absolute atomic E-state index is 0.0464. The molecule has 0 fully saturated rings. The largest absolute Gasteiger partial charge is 0.481 e. The van der Waals surface area contributed by atoms with Crippen molar-refractivity contribution < 1.29 is 14.7 Å². The van der Waals surface area contributed by atoms with Gasteiger partial charge in [-0.15, -0.1) is 0 Å². The Balaban J connectivity index is 2.62. The van der Waals surface area contributed by atoms with Gasteiger partial charge in [0.25, 0.3) is 0 Å². The normalized spacial score (nSPS) is 12.1. The number of aliphatic carboxylic acids is 1. The summed E-state index contributed by atoms with van der Waals surface area (Å²) in [4.78, 5) is 21.0. The third kappa shape index (κ3) is 3.90. The van der Waals surface area contributed by atoms with E-state index in [1.54, 1.807) is 10.9 Å². The fourth-order valence-corrected chi connectivity index (χ4v) is 1.65. The highest BCUT2D eigenvalue weighted by atomic mass is 16.4. The smallest absolute Gasteiger partial charge is 0.303 e. The monoisotopic (exact) mass is 239 g/mol. The molecule has 94 valence electrons. The summed E-state index contributed by atoms with van der Waals surface area (Å²) in [6, 6.07) is -0.161. The van der Waals surface area contributed by atoms with Gasteiger partial charge in [0.05, 0.1) is 6.20 Å². The van der Waals surface area contributed by atoms with Gasteiger partial charge in [0.15, 0.2) is 0 Å². The summed E-state index contributed by atoms with van der Waals surface area (Å²) < 4.78 is 1.75. The highest BCUT2D eigenvalue weighted by Gasteiger charge is 2.13. The van der Waals surface area contributed by atoms with Crippen LogP contribution in [0.2, 0.25) is 0 Å². The molecule has 1 heterocycles. The van der Waals surface area contributed by atoms with Crippen molar-refractivity contribution in [2.45, 2.75) is 32.2 Å². The number of rotatable bonds is 7. The van der Waals surface area contributed by atoms with Crippen LogP contribution < -0.4 is 5.32 Å². The summed E-state index contributed by atoms with van der Waals surface area (Å²) in [5, 5.41) is 15.4. The number of carboxylic acids is 1. The molecule has 0 saturated carbocycles. The van der Waals surface area contributed by atoms with Crippen molar-refractivity contribution in [3.05, 3.63) is 17.5 Å². The quantitative estimate of drug-likeness (QED) is 0.668. The number of nitrogens with one attached hydrogen (secondary N) is 1. The first-order chi connectivity index (χ1) is 8.04. The predicted molar refractivity (Wildman–Crippen MR) is 61.5 cm³/mol. The van der Waals surface area contributed by atoms with Crippen molar-refractivity contribution in [2.24, 2.45) is 7.05 Å². The second-order valence-corrected chi connectivity index (χ2v) is 4.00. The van der Waals surface area contributed by atoms with Crippen molar-refractivity contribution in [1.82, 2.24) is 15.1 Å². The maximum Gasteiger partial charge on any atom is 0.303 e. The maximum absolute atomic E-state index is 10.5. The molecule has 1 amide bonds. The second-order valence-electron chi connectivity index (χ2n) is 4.00. The lowest BCUT2D eigenvalue weighted by atomic mass is 10.0. The Hall–Kier alpha value is -1.85. The Morgan fingerprint density at radius 3 is 2.88 bits per heavy atom. The van der Waals surface area contributed by atoms with Crippen LogP contribution in [0.1, 0.15) is 24.1 Å².